The van der Waals surface area contributed by atoms with Crippen LogP contribution >= 0.6 is 0 Å². The Bertz CT molecular complexity index is 86.6. The molecular formula is C8H17N. The molecule has 1 nitrogen and oxygen atoms in total. The van der Waals surface area contributed by atoms with Crippen molar-refractivity contribution in [3.63, 3.8) is 0 Å². The Kier molecular flexibility index (Phi) is 2.12. The maximum atomic E-state index is 5.76. The van der Waals surface area contributed by atoms with E-state index in [0.717, 1.165) is 11.8 Å². The first-order valence-electron chi connectivity index (χ1n) is 4.01. The molecule has 2 N–H and O–H groups in total. The molecule has 1 saturated carbocycles. The van der Waals surface area contributed by atoms with Crippen LogP contribution < -0.4 is 5.73 Å². The summed E-state index contributed by atoms with van der Waals surface area (Å²) in [6.07, 6.45) is 4.12. The molecule has 0 aromatic heterocycles. The van der Waals surface area contributed by atoms with Crippen LogP contribution in [0.2, 0.25) is 0 Å². The Balaban J connectivity index is 2.27. The van der Waals surface area contributed by atoms with Crippen LogP contribution in [0, 0.1) is 11.8 Å². The van der Waals surface area contributed by atoms with Crippen LogP contribution in [0.1, 0.15) is 33.1 Å². The molecule has 0 aliphatic heterocycles. The fourth-order valence-corrected chi connectivity index (χ4v) is 1.79. The molecule has 0 amide bonds. The summed E-state index contributed by atoms with van der Waals surface area (Å²) in [6, 6.07) is 0.434. The smallest absolute Gasteiger partial charge is 0.00414 e. The first-order valence-corrected chi connectivity index (χ1v) is 4.01. The predicted molar refractivity (Wildman–Crippen MR) is 40.2 cm³/mol. The summed E-state index contributed by atoms with van der Waals surface area (Å²) in [6.45, 7) is 4.39. The Morgan fingerprint density at radius 1 is 1.56 bits per heavy atom. The second kappa shape index (κ2) is 2.70. The second-order valence-electron chi connectivity index (χ2n) is 3.27. The molecule has 0 heterocycles. The van der Waals surface area contributed by atoms with Crippen molar-refractivity contribution in [1.29, 1.82) is 0 Å². The van der Waals surface area contributed by atoms with Gasteiger partial charge in [-0.3, -0.25) is 0 Å². The van der Waals surface area contributed by atoms with E-state index in [4.69, 9.17) is 5.73 Å². The highest BCUT2D eigenvalue weighted by Gasteiger charge is 2.31. The van der Waals surface area contributed by atoms with E-state index in [1.54, 1.807) is 0 Å². The van der Waals surface area contributed by atoms with Crippen molar-refractivity contribution in [2.75, 3.05) is 0 Å². The SMILES string of the molecule is CC[C@@H]1CCC1C(C)N. The van der Waals surface area contributed by atoms with Gasteiger partial charge in [0.15, 0.2) is 0 Å². The summed E-state index contributed by atoms with van der Waals surface area (Å²) in [5.74, 6) is 1.79. The van der Waals surface area contributed by atoms with E-state index in [1.807, 2.05) is 0 Å². The summed E-state index contributed by atoms with van der Waals surface area (Å²) in [7, 11) is 0. The third-order valence-electron chi connectivity index (χ3n) is 2.68. The topological polar surface area (TPSA) is 26.0 Å². The Morgan fingerprint density at radius 3 is 2.33 bits per heavy atom. The van der Waals surface area contributed by atoms with Gasteiger partial charge < -0.3 is 5.73 Å². The molecule has 0 aromatic rings. The van der Waals surface area contributed by atoms with E-state index < -0.39 is 0 Å². The highest BCUT2D eigenvalue weighted by Crippen LogP contribution is 2.37. The highest BCUT2D eigenvalue weighted by atomic mass is 14.7. The van der Waals surface area contributed by atoms with Crippen LogP contribution in [0.15, 0.2) is 0 Å². The van der Waals surface area contributed by atoms with Gasteiger partial charge in [0.25, 0.3) is 0 Å². The van der Waals surface area contributed by atoms with Crippen LogP contribution in [0.4, 0.5) is 0 Å². The van der Waals surface area contributed by atoms with Gasteiger partial charge >= 0.3 is 0 Å². The lowest BCUT2D eigenvalue weighted by Crippen LogP contribution is -2.38. The van der Waals surface area contributed by atoms with Gasteiger partial charge in [0.2, 0.25) is 0 Å². The minimum Gasteiger partial charge on any atom is -0.328 e. The molecular weight excluding hydrogens is 110 g/mol. The molecule has 2 unspecified atom stereocenters. The maximum absolute atomic E-state index is 5.76. The zero-order valence-corrected chi connectivity index (χ0v) is 6.43. The first-order chi connectivity index (χ1) is 4.25. The van der Waals surface area contributed by atoms with E-state index in [9.17, 15) is 0 Å². The molecule has 9 heavy (non-hydrogen) atoms. The van der Waals surface area contributed by atoms with Gasteiger partial charge in [0, 0.05) is 6.04 Å². The molecule has 1 heteroatoms. The van der Waals surface area contributed by atoms with Crippen molar-refractivity contribution in [3.05, 3.63) is 0 Å². The molecule has 54 valence electrons. The van der Waals surface area contributed by atoms with Gasteiger partial charge in [-0.15, -0.1) is 0 Å². The average molecular weight is 127 g/mol. The fourth-order valence-electron chi connectivity index (χ4n) is 1.79. The first kappa shape index (κ1) is 7.07. The lowest BCUT2D eigenvalue weighted by Gasteiger charge is -2.38. The molecule has 0 aromatic carbocycles. The lowest BCUT2D eigenvalue weighted by molar-refractivity contribution is 0.145. The summed E-state index contributed by atoms with van der Waals surface area (Å²) < 4.78 is 0. The van der Waals surface area contributed by atoms with Crippen LogP contribution in [0.25, 0.3) is 0 Å². The van der Waals surface area contributed by atoms with E-state index in [2.05, 4.69) is 13.8 Å². The maximum Gasteiger partial charge on any atom is 0.00414 e. The van der Waals surface area contributed by atoms with Crippen molar-refractivity contribution in [1.82, 2.24) is 0 Å². The minimum atomic E-state index is 0.434. The Hall–Kier alpha value is -0.0400. The summed E-state index contributed by atoms with van der Waals surface area (Å²) in [4.78, 5) is 0. The standard InChI is InChI=1S/C8H17N/c1-3-7-4-5-8(7)6(2)9/h6-8H,3-5,9H2,1-2H3/t6?,7-,8?/m1/s1. The molecule has 3 atom stereocenters. The zero-order valence-electron chi connectivity index (χ0n) is 6.43. The molecule has 1 fully saturated rings. The largest absolute Gasteiger partial charge is 0.328 e. The van der Waals surface area contributed by atoms with Gasteiger partial charge in [-0.05, 0) is 31.6 Å². The van der Waals surface area contributed by atoms with Gasteiger partial charge in [0.1, 0.15) is 0 Å². The number of hydrogen-bond acceptors (Lipinski definition) is 1. The Morgan fingerprint density at radius 2 is 2.22 bits per heavy atom. The van der Waals surface area contributed by atoms with Crippen molar-refractivity contribution in [3.8, 4) is 0 Å². The minimum absolute atomic E-state index is 0.434. The molecule has 1 aliphatic rings. The number of hydrogen-bond donors (Lipinski definition) is 1. The quantitative estimate of drug-likeness (QED) is 0.601. The number of nitrogens with two attached hydrogens (primary N) is 1. The molecule has 0 radical (unpaired) electrons. The number of rotatable bonds is 2. The second-order valence-corrected chi connectivity index (χ2v) is 3.27. The van der Waals surface area contributed by atoms with Crippen LogP contribution in [0.3, 0.4) is 0 Å². The van der Waals surface area contributed by atoms with Crippen LogP contribution in [-0.4, -0.2) is 6.04 Å². The van der Waals surface area contributed by atoms with E-state index in [-0.39, 0.29) is 0 Å². The lowest BCUT2D eigenvalue weighted by atomic mass is 9.69. The van der Waals surface area contributed by atoms with E-state index >= 15 is 0 Å². The van der Waals surface area contributed by atoms with Gasteiger partial charge in [0.05, 0.1) is 0 Å². The predicted octanol–water partition coefficient (Wildman–Crippen LogP) is 1.77. The van der Waals surface area contributed by atoms with Crippen LogP contribution in [0.5, 0.6) is 0 Å². The molecule has 0 bridgehead atoms. The summed E-state index contributed by atoms with van der Waals surface area (Å²) >= 11 is 0. The molecule has 1 rings (SSSR count). The normalized spacial score (nSPS) is 37.7. The van der Waals surface area contributed by atoms with Crippen molar-refractivity contribution in [2.24, 2.45) is 17.6 Å². The molecule has 1 aliphatic carbocycles. The van der Waals surface area contributed by atoms with E-state index in [0.29, 0.717) is 6.04 Å². The summed E-state index contributed by atoms with van der Waals surface area (Å²) in [5, 5.41) is 0. The monoisotopic (exact) mass is 127 g/mol. The van der Waals surface area contributed by atoms with Gasteiger partial charge in [-0.1, -0.05) is 13.3 Å². The third-order valence-corrected chi connectivity index (χ3v) is 2.68. The zero-order chi connectivity index (χ0) is 6.85. The van der Waals surface area contributed by atoms with Gasteiger partial charge in [-0.2, -0.15) is 0 Å². The third kappa shape index (κ3) is 1.26. The van der Waals surface area contributed by atoms with E-state index in [1.165, 1.54) is 19.3 Å². The van der Waals surface area contributed by atoms with Crippen molar-refractivity contribution < 1.29 is 0 Å². The van der Waals surface area contributed by atoms with Crippen LogP contribution in [-0.2, 0) is 0 Å². The molecule has 0 spiro atoms. The van der Waals surface area contributed by atoms with Crippen molar-refractivity contribution >= 4 is 0 Å². The Labute approximate surface area is 57.6 Å². The fraction of sp³-hybridized carbons (Fsp3) is 1.00. The van der Waals surface area contributed by atoms with Gasteiger partial charge in [-0.25, -0.2) is 0 Å². The molecule has 0 saturated heterocycles. The van der Waals surface area contributed by atoms with Crippen molar-refractivity contribution in [2.45, 2.75) is 39.2 Å². The summed E-state index contributed by atoms with van der Waals surface area (Å²) in [5.41, 5.74) is 5.76. The highest BCUT2D eigenvalue weighted by molar-refractivity contribution is 4.84. The average Bonchev–Trinajstić information content (AvgIpc) is 1.61.